The molecule has 0 saturated heterocycles. The summed E-state index contributed by atoms with van der Waals surface area (Å²) in [7, 11) is 0. The molecule has 0 unspecified atom stereocenters. The van der Waals surface area contributed by atoms with Crippen LogP contribution < -0.4 is 10.1 Å². The molecule has 0 saturated carbocycles. The van der Waals surface area contributed by atoms with E-state index in [0.717, 1.165) is 17.1 Å². The molecule has 0 aliphatic rings. The van der Waals surface area contributed by atoms with Crippen molar-refractivity contribution in [3.63, 3.8) is 0 Å². The predicted molar refractivity (Wildman–Crippen MR) is 83.4 cm³/mol. The van der Waals surface area contributed by atoms with E-state index < -0.39 is 12.0 Å². The van der Waals surface area contributed by atoms with Gasteiger partial charge in [-0.3, -0.25) is 4.79 Å². The molecule has 0 spiro atoms. The topological polar surface area (TPSA) is 58.6 Å². The fourth-order valence-corrected chi connectivity index (χ4v) is 2.16. The highest BCUT2D eigenvalue weighted by Gasteiger charge is 2.15. The number of hydrogen-bond acceptors (Lipinski definition) is 4. The van der Waals surface area contributed by atoms with Gasteiger partial charge in [0.15, 0.2) is 0 Å². The zero-order chi connectivity index (χ0) is 14.8. The van der Waals surface area contributed by atoms with Gasteiger partial charge in [0.1, 0.15) is 18.4 Å². The maximum Gasteiger partial charge on any atom is 0.320 e. The molecule has 0 fully saturated rings. The predicted octanol–water partition coefficient (Wildman–Crippen LogP) is 2.55. The summed E-state index contributed by atoms with van der Waals surface area (Å²) in [4.78, 5) is 11.1. The molecular weight excluding hydrogens is 274 g/mol. The van der Waals surface area contributed by atoms with Crippen molar-refractivity contribution >= 4 is 17.7 Å². The lowest BCUT2D eigenvalue weighted by Crippen LogP contribution is -2.36. The fourth-order valence-electron chi connectivity index (χ4n) is 1.69. The summed E-state index contributed by atoms with van der Waals surface area (Å²) in [5.74, 6) is 0.783. The van der Waals surface area contributed by atoms with Crippen LogP contribution in [0.25, 0.3) is 0 Å². The van der Waals surface area contributed by atoms with Gasteiger partial charge in [0.25, 0.3) is 0 Å². The van der Waals surface area contributed by atoms with E-state index in [0.29, 0.717) is 19.6 Å². The van der Waals surface area contributed by atoms with Gasteiger partial charge in [-0.1, -0.05) is 24.8 Å². The molecule has 0 aromatic heterocycles. The number of aliphatic carboxylic acids is 1. The van der Waals surface area contributed by atoms with Gasteiger partial charge in [-0.2, -0.15) is 11.8 Å². The van der Waals surface area contributed by atoms with Crippen molar-refractivity contribution in [1.82, 2.24) is 5.32 Å². The molecule has 0 heterocycles. The summed E-state index contributed by atoms with van der Waals surface area (Å²) < 4.78 is 5.45. The molecule has 0 aliphatic carbocycles. The Kier molecular flexibility index (Phi) is 7.84. The van der Waals surface area contributed by atoms with Crippen molar-refractivity contribution in [2.75, 3.05) is 18.6 Å². The molecule has 0 amide bonds. The molecular formula is C15H21NO3S. The zero-order valence-electron chi connectivity index (χ0n) is 11.7. The molecule has 2 N–H and O–H groups in total. The first-order chi connectivity index (χ1) is 9.67. The molecule has 0 radical (unpaired) electrons. The number of hydrogen-bond donors (Lipinski definition) is 2. The average molecular weight is 295 g/mol. The van der Waals surface area contributed by atoms with Gasteiger partial charge >= 0.3 is 5.97 Å². The van der Waals surface area contributed by atoms with Gasteiger partial charge in [0.05, 0.1) is 0 Å². The highest BCUT2D eigenvalue weighted by atomic mass is 32.2. The van der Waals surface area contributed by atoms with Crippen LogP contribution in [-0.4, -0.2) is 35.7 Å². The zero-order valence-corrected chi connectivity index (χ0v) is 12.5. The summed E-state index contributed by atoms with van der Waals surface area (Å²) in [6.45, 7) is 4.57. The quantitative estimate of drug-likeness (QED) is 0.650. The maximum atomic E-state index is 11.1. The van der Waals surface area contributed by atoms with Gasteiger partial charge in [0.2, 0.25) is 0 Å². The van der Waals surface area contributed by atoms with Gasteiger partial charge in [-0.15, -0.1) is 0 Å². The van der Waals surface area contributed by atoms with E-state index >= 15 is 0 Å². The van der Waals surface area contributed by atoms with Crippen molar-refractivity contribution in [2.45, 2.75) is 19.0 Å². The van der Waals surface area contributed by atoms with E-state index in [9.17, 15) is 4.79 Å². The number of carbonyl (C=O) groups is 1. The van der Waals surface area contributed by atoms with E-state index in [2.05, 4.69) is 11.9 Å². The van der Waals surface area contributed by atoms with Crippen LogP contribution >= 0.6 is 11.8 Å². The summed E-state index contributed by atoms with van der Waals surface area (Å²) in [6, 6.07) is 7.11. The summed E-state index contributed by atoms with van der Waals surface area (Å²) in [5, 5.41) is 12.2. The summed E-state index contributed by atoms with van der Waals surface area (Å²) in [5.41, 5.74) is 1.00. The first kappa shape index (κ1) is 16.6. The van der Waals surface area contributed by atoms with Crippen LogP contribution in [0.3, 0.4) is 0 Å². The van der Waals surface area contributed by atoms with Crippen molar-refractivity contribution in [3.05, 3.63) is 42.5 Å². The molecule has 20 heavy (non-hydrogen) atoms. The molecule has 4 nitrogen and oxygen atoms in total. The number of carboxylic acid groups (broad SMARTS) is 1. The van der Waals surface area contributed by atoms with E-state index in [1.165, 1.54) is 0 Å². The molecule has 0 aliphatic heterocycles. The van der Waals surface area contributed by atoms with Crippen LogP contribution in [0.2, 0.25) is 0 Å². The van der Waals surface area contributed by atoms with Crippen molar-refractivity contribution in [2.24, 2.45) is 0 Å². The van der Waals surface area contributed by atoms with Crippen LogP contribution in [0.5, 0.6) is 5.75 Å². The van der Waals surface area contributed by atoms with E-state index in [1.54, 1.807) is 17.8 Å². The minimum absolute atomic E-state index is 0.461. The van der Waals surface area contributed by atoms with Crippen LogP contribution in [0, 0.1) is 0 Å². The lowest BCUT2D eigenvalue weighted by atomic mass is 10.1. The smallest absolute Gasteiger partial charge is 0.320 e. The van der Waals surface area contributed by atoms with Crippen molar-refractivity contribution < 1.29 is 14.6 Å². The second kappa shape index (κ2) is 9.44. The standard InChI is InChI=1S/C15H21NO3S/c1-3-8-19-13-6-4-5-12(10-13)11-16-14(15(17)18)7-9-20-2/h3-6,10,14,16H,1,7-9,11H2,2H3,(H,17,18)/t14-/m0/s1. The third kappa shape index (κ3) is 6.12. The summed E-state index contributed by atoms with van der Waals surface area (Å²) >= 11 is 1.65. The Morgan fingerprint density at radius 1 is 1.60 bits per heavy atom. The third-order valence-electron chi connectivity index (χ3n) is 2.73. The highest BCUT2D eigenvalue weighted by molar-refractivity contribution is 7.98. The first-order valence-corrected chi connectivity index (χ1v) is 7.84. The minimum atomic E-state index is -0.807. The van der Waals surface area contributed by atoms with Gasteiger partial charge in [-0.05, 0) is 36.1 Å². The van der Waals surface area contributed by atoms with Gasteiger partial charge in [0, 0.05) is 6.54 Å². The van der Waals surface area contributed by atoms with Gasteiger partial charge < -0.3 is 15.2 Å². The second-order valence-electron chi connectivity index (χ2n) is 4.30. The van der Waals surface area contributed by atoms with E-state index in [-0.39, 0.29) is 0 Å². The SMILES string of the molecule is C=CCOc1cccc(CN[C@@H](CCSC)C(=O)O)c1. The Morgan fingerprint density at radius 3 is 3.05 bits per heavy atom. The molecule has 0 bridgehead atoms. The van der Waals surface area contributed by atoms with Crippen LogP contribution in [0.4, 0.5) is 0 Å². The lowest BCUT2D eigenvalue weighted by Gasteiger charge is -2.14. The van der Waals surface area contributed by atoms with E-state index in [4.69, 9.17) is 9.84 Å². The Labute approximate surface area is 124 Å². The van der Waals surface area contributed by atoms with E-state index in [1.807, 2.05) is 30.5 Å². The number of benzene rings is 1. The van der Waals surface area contributed by atoms with Crippen LogP contribution in [0.15, 0.2) is 36.9 Å². The average Bonchev–Trinajstić information content (AvgIpc) is 2.45. The van der Waals surface area contributed by atoms with Gasteiger partial charge in [-0.25, -0.2) is 0 Å². The highest BCUT2D eigenvalue weighted by Crippen LogP contribution is 2.13. The number of carboxylic acids is 1. The summed E-state index contributed by atoms with van der Waals surface area (Å²) in [6.07, 6.45) is 4.27. The molecule has 5 heteroatoms. The fraction of sp³-hybridized carbons (Fsp3) is 0.400. The Morgan fingerprint density at radius 2 is 2.40 bits per heavy atom. The number of ether oxygens (including phenoxy) is 1. The van der Waals surface area contributed by atoms with Crippen LogP contribution in [-0.2, 0) is 11.3 Å². The Balaban J connectivity index is 2.53. The molecule has 1 rings (SSSR count). The third-order valence-corrected chi connectivity index (χ3v) is 3.37. The second-order valence-corrected chi connectivity index (χ2v) is 5.29. The number of nitrogens with one attached hydrogen (secondary N) is 1. The maximum absolute atomic E-state index is 11.1. The Bertz CT molecular complexity index is 437. The normalized spacial score (nSPS) is 11.8. The molecule has 110 valence electrons. The lowest BCUT2D eigenvalue weighted by molar-refractivity contribution is -0.139. The first-order valence-electron chi connectivity index (χ1n) is 6.45. The number of rotatable bonds is 10. The molecule has 1 aromatic carbocycles. The molecule has 1 atom stereocenters. The Hall–Kier alpha value is -1.46. The molecule has 1 aromatic rings. The van der Waals surface area contributed by atoms with Crippen molar-refractivity contribution in [1.29, 1.82) is 0 Å². The minimum Gasteiger partial charge on any atom is -0.490 e. The number of thioether (sulfide) groups is 1. The largest absolute Gasteiger partial charge is 0.490 e. The van der Waals surface area contributed by atoms with Crippen LogP contribution in [0.1, 0.15) is 12.0 Å². The monoisotopic (exact) mass is 295 g/mol. The van der Waals surface area contributed by atoms with Crippen molar-refractivity contribution in [3.8, 4) is 5.75 Å².